The van der Waals surface area contributed by atoms with Crippen molar-refractivity contribution in [3.63, 3.8) is 0 Å². The zero-order chi connectivity index (χ0) is 26.3. The number of benzene rings is 2. The Morgan fingerprint density at radius 1 is 1.11 bits per heavy atom. The van der Waals surface area contributed by atoms with E-state index in [0.29, 0.717) is 23.6 Å². The molecule has 1 unspecified atom stereocenters. The molecule has 2 bridgehead atoms. The van der Waals surface area contributed by atoms with Crippen LogP contribution in [0, 0.1) is 11.5 Å². The minimum Gasteiger partial charge on any atom is -0.494 e. The molecule has 2 heterocycles. The molecule has 0 aliphatic carbocycles. The van der Waals surface area contributed by atoms with Gasteiger partial charge in [-0.05, 0) is 48.7 Å². The van der Waals surface area contributed by atoms with Crippen LogP contribution >= 0.6 is 11.6 Å². The summed E-state index contributed by atoms with van der Waals surface area (Å²) in [4.78, 5) is 0. The summed E-state index contributed by atoms with van der Waals surface area (Å²) >= 11 is 6.50. The summed E-state index contributed by atoms with van der Waals surface area (Å²) in [5, 5.41) is 44.1. The third-order valence-corrected chi connectivity index (χ3v) is 7.78. The summed E-state index contributed by atoms with van der Waals surface area (Å²) in [6, 6.07) is 12.7. The maximum Gasteiger partial charge on any atom is 0.225 e. The predicted molar refractivity (Wildman–Crippen MR) is 138 cm³/mol. The first-order chi connectivity index (χ1) is 16.9. The van der Waals surface area contributed by atoms with Gasteiger partial charge in [0.1, 0.15) is 38.2 Å². The molecule has 0 aromatic heterocycles. The minimum atomic E-state index is -1.84. The lowest BCUT2D eigenvalue weighted by atomic mass is 9.80. The number of fused-ring (bicyclic) bond motifs is 2. The molecule has 4 rings (SSSR count). The van der Waals surface area contributed by atoms with E-state index in [1.54, 1.807) is 18.2 Å². The monoisotopic (exact) mass is 532 g/mol. The normalized spacial score (nSPS) is 30.4. The first-order valence-electron chi connectivity index (χ1n) is 12.0. The average Bonchev–Trinajstić information content (AvgIpc) is 3.23. The number of rotatable bonds is 6. The number of halogens is 1. The SMILES string of the molecule is CCOc1ccc(Cc2cc([C@]34OC[C@](C(O)C#C[Si](C)(C)C)(O3)[C@@H](O)[C@H](O)[C@H]4O)ccc2Cl)cc1. The highest BCUT2D eigenvalue weighted by molar-refractivity contribution is 6.83. The third kappa shape index (κ3) is 4.95. The molecule has 2 aliphatic heterocycles. The predicted octanol–water partition coefficient (Wildman–Crippen LogP) is 2.61. The maximum atomic E-state index is 11.0. The van der Waals surface area contributed by atoms with E-state index in [0.717, 1.165) is 16.9 Å². The fourth-order valence-electron chi connectivity index (χ4n) is 4.57. The molecule has 2 saturated heterocycles. The van der Waals surface area contributed by atoms with Crippen molar-refractivity contribution >= 4 is 19.7 Å². The van der Waals surface area contributed by atoms with Gasteiger partial charge in [-0.1, -0.05) is 55.4 Å². The molecule has 2 aromatic carbocycles. The van der Waals surface area contributed by atoms with Crippen LogP contribution in [0.3, 0.4) is 0 Å². The Balaban J connectivity index is 1.68. The van der Waals surface area contributed by atoms with Crippen molar-refractivity contribution in [3.05, 3.63) is 64.2 Å². The van der Waals surface area contributed by atoms with Crippen LogP contribution in [0.15, 0.2) is 42.5 Å². The van der Waals surface area contributed by atoms with Crippen LogP contribution in [-0.4, -0.2) is 71.7 Å². The van der Waals surface area contributed by atoms with Crippen molar-refractivity contribution in [2.45, 2.75) is 68.8 Å². The van der Waals surface area contributed by atoms with Crippen molar-refractivity contribution in [1.82, 2.24) is 0 Å². The molecule has 0 amide bonds. The Kier molecular flexibility index (Phi) is 7.59. The molecule has 9 heteroatoms. The second kappa shape index (κ2) is 10.1. The molecule has 194 valence electrons. The van der Waals surface area contributed by atoms with Crippen LogP contribution in [0.1, 0.15) is 23.6 Å². The molecule has 2 fully saturated rings. The number of ether oxygens (including phenoxy) is 3. The molecule has 0 spiro atoms. The third-order valence-electron chi connectivity index (χ3n) is 6.51. The quantitative estimate of drug-likeness (QED) is 0.334. The lowest BCUT2D eigenvalue weighted by Crippen LogP contribution is -2.67. The smallest absolute Gasteiger partial charge is 0.225 e. The van der Waals surface area contributed by atoms with Crippen molar-refractivity contribution in [2.75, 3.05) is 13.2 Å². The zero-order valence-electron chi connectivity index (χ0n) is 20.9. The largest absolute Gasteiger partial charge is 0.494 e. The van der Waals surface area contributed by atoms with Crippen molar-refractivity contribution < 1.29 is 34.6 Å². The van der Waals surface area contributed by atoms with E-state index in [2.05, 4.69) is 11.5 Å². The Hall–Kier alpha value is -1.93. The molecule has 0 saturated carbocycles. The fraction of sp³-hybridized carbons (Fsp3) is 0.481. The molecule has 36 heavy (non-hydrogen) atoms. The van der Waals surface area contributed by atoms with Gasteiger partial charge >= 0.3 is 0 Å². The Morgan fingerprint density at radius 2 is 1.81 bits per heavy atom. The van der Waals surface area contributed by atoms with Crippen LogP contribution in [0.2, 0.25) is 24.7 Å². The first-order valence-corrected chi connectivity index (χ1v) is 15.9. The Labute approximate surface area is 217 Å². The van der Waals surface area contributed by atoms with Gasteiger partial charge in [0, 0.05) is 10.6 Å². The van der Waals surface area contributed by atoms with Crippen LogP contribution in [0.4, 0.5) is 0 Å². The lowest BCUT2D eigenvalue weighted by molar-refractivity contribution is -0.334. The van der Waals surface area contributed by atoms with E-state index in [-0.39, 0.29) is 6.61 Å². The highest BCUT2D eigenvalue weighted by atomic mass is 35.5. The maximum absolute atomic E-state index is 11.0. The molecular weight excluding hydrogens is 500 g/mol. The minimum absolute atomic E-state index is 0.263. The molecule has 2 aromatic rings. The van der Waals surface area contributed by atoms with Gasteiger partial charge in [0.2, 0.25) is 5.79 Å². The Bertz CT molecular complexity index is 1160. The van der Waals surface area contributed by atoms with Crippen molar-refractivity contribution in [3.8, 4) is 17.2 Å². The van der Waals surface area contributed by atoms with Crippen molar-refractivity contribution in [2.24, 2.45) is 0 Å². The van der Waals surface area contributed by atoms with Gasteiger partial charge in [-0.15, -0.1) is 5.54 Å². The van der Waals surface area contributed by atoms with E-state index in [9.17, 15) is 20.4 Å². The molecule has 7 nitrogen and oxygen atoms in total. The van der Waals surface area contributed by atoms with E-state index in [1.165, 1.54) is 0 Å². The highest BCUT2D eigenvalue weighted by Gasteiger charge is 2.69. The van der Waals surface area contributed by atoms with Gasteiger partial charge in [0.25, 0.3) is 0 Å². The number of hydrogen-bond acceptors (Lipinski definition) is 7. The van der Waals surface area contributed by atoms with Gasteiger partial charge in [-0.2, -0.15) is 0 Å². The number of aliphatic hydroxyl groups excluding tert-OH is 4. The lowest BCUT2D eigenvalue weighted by Gasteiger charge is -2.47. The van der Waals surface area contributed by atoms with Gasteiger partial charge in [0.05, 0.1) is 13.2 Å². The van der Waals surface area contributed by atoms with E-state index in [1.807, 2.05) is 50.8 Å². The molecule has 2 aliphatic rings. The summed E-state index contributed by atoms with van der Waals surface area (Å²) in [6.45, 7) is 8.31. The average molecular weight is 533 g/mol. The van der Waals surface area contributed by atoms with Gasteiger partial charge in [0.15, 0.2) is 5.60 Å². The second-order valence-corrected chi connectivity index (χ2v) is 15.5. The highest BCUT2D eigenvalue weighted by Crippen LogP contribution is 2.51. The summed E-state index contributed by atoms with van der Waals surface area (Å²) in [7, 11) is -1.84. The molecule has 4 N–H and O–H groups in total. The zero-order valence-corrected chi connectivity index (χ0v) is 22.6. The van der Waals surface area contributed by atoms with Crippen LogP contribution in [0.5, 0.6) is 5.75 Å². The van der Waals surface area contributed by atoms with E-state index < -0.39 is 43.9 Å². The summed E-state index contributed by atoms with van der Waals surface area (Å²) in [5.74, 6) is 1.76. The van der Waals surface area contributed by atoms with Crippen LogP contribution in [0.25, 0.3) is 0 Å². The van der Waals surface area contributed by atoms with Crippen LogP contribution < -0.4 is 4.74 Å². The van der Waals surface area contributed by atoms with Gasteiger partial charge in [-0.3, -0.25) is 0 Å². The summed E-state index contributed by atoms with van der Waals surface area (Å²) < 4.78 is 17.7. The fourth-order valence-corrected chi connectivity index (χ4v) is 5.33. The molecule has 6 atom stereocenters. The van der Waals surface area contributed by atoms with Crippen molar-refractivity contribution in [1.29, 1.82) is 0 Å². The number of aliphatic hydroxyl groups is 4. The number of hydrogen-bond donors (Lipinski definition) is 4. The summed E-state index contributed by atoms with van der Waals surface area (Å²) in [6.07, 6.45) is -5.79. The summed E-state index contributed by atoms with van der Waals surface area (Å²) in [5.41, 5.74) is 3.51. The van der Waals surface area contributed by atoms with E-state index >= 15 is 0 Å². The van der Waals surface area contributed by atoms with Crippen LogP contribution in [-0.2, 0) is 21.7 Å². The van der Waals surface area contributed by atoms with E-state index in [4.69, 9.17) is 25.8 Å². The van der Waals surface area contributed by atoms with Gasteiger partial charge in [-0.25, -0.2) is 0 Å². The van der Waals surface area contributed by atoms with Gasteiger partial charge < -0.3 is 34.6 Å². The standard InChI is InChI=1S/C27H33ClO7Si/c1-5-33-20-9-6-17(7-10-20)14-18-15-19(8-11-21(18)28)27-25(32)23(30)24(31)26(35-27,16-34-27)22(29)12-13-36(2,3)4/h6-11,15,22-25,29-32H,5,14,16H2,1-4H3/t22?,23-,24-,25+,26+,27-/m0/s1. The Morgan fingerprint density at radius 3 is 2.44 bits per heavy atom. The topological polar surface area (TPSA) is 109 Å². The second-order valence-electron chi connectivity index (χ2n) is 10.4. The molecule has 0 radical (unpaired) electrons. The first kappa shape index (κ1) is 27.1. The molecular formula is C27H33ClO7Si.